The number of carbonyl (C=O) groups excluding carboxylic acids is 3. The van der Waals surface area contributed by atoms with Gasteiger partial charge < -0.3 is 15.1 Å². The minimum atomic E-state index is -4.54. The predicted molar refractivity (Wildman–Crippen MR) is 143 cm³/mol. The molecule has 40 heavy (non-hydrogen) atoms. The van der Waals surface area contributed by atoms with Gasteiger partial charge in [0.15, 0.2) is 5.17 Å². The summed E-state index contributed by atoms with van der Waals surface area (Å²) in [6.07, 6.45) is -2.81. The predicted octanol–water partition coefficient (Wildman–Crippen LogP) is 4.73. The highest BCUT2D eigenvalue weighted by atomic mass is 32.2. The summed E-state index contributed by atoms with van der Waals surface area (Å²) >= 11 is 0.962. The number of amidine groups is 2. The third kappa shape index (κ3) is 6.09. The van der Waals surface area contributed by atoms with Crippen LogP contribution in [-0.4, -0.2) is 45.4 Å². The monoisotopic (exact) mass is 569 g/mol. The van der Waals surface area contributed by atoms with Crippen molar-refractivity contribution < 1.29 is 32.0 Å². The molecule has 1 aromatic heterocycles. The number of para-hydroxylation sites is 1. The first-order chi connectivity index (χ1) is 19.2. The number of hydrogen-bond donors (Lipinski definition) is 2. The molecule has 2 N–H and O–H groups in total. The maximum absolute atomic E-state index is 13.3. The molecule has 3 heterocycles. The van der Waals surface area contributed by atoms with E-state index in [4.69, 9.17) is 4.42 Å². The topological polar surface area (TPSA) is 116 Å². The van der Waals surface area contributed by atoms with E-state index in [0.29, 0.717) is 22.8 Å². The highest BCUT2D eigenvalue weighted by Gasteiger charge is 2.41. The van der Waals surface area contributed by atoms with Gasteiger partial charge in [0.05, 0.1) is 29.8 Å². The van der Waals surface area contributed by atoms with E-state index in [2.05, 4.69) is 20.6 Å². The number of hydrogen-bond acceptors (Lipinski definition) is 7. The second-order valence-electron chi connectivity index (χ2n) is 8.86. The van der Waals surface area contributed by atoms with Crippen LogP contribution in [0, 0.1) is 0 Å². The molecular weight excluding hydrogens is 547 g/mol. The number of thioether (sulfide) groups is 1. The minimum absolute atomic E-state index is 0.00115. The Kier molecular flexibility index (Phi) is 7.74. The van der Waals surface area contributed by atoms with Crippen LogP contribution in [0.3, 0.4) is 0 Å². The molecule has 0 spiro atoms. The number of amides is 3. The summed E-state index contributed by atoms with van der Waals surface area (Å²) in [6.45, 7) is 0.231. The van der Waals surface area contributed by atoms with Gasteiger partial charge in [-0.05, 0) is 48.9 Å². The molecule has 9 nitrogen and oxygen atoms in total. The van der Waals surface area contributed by atoms with Gasteiger partial charge in [0.2, 0.25) is 11.8 Å². The van der Waals surface area contributed by atoms with E-state index < -0.39 is 23.7 Å². The molecular formula is C27H22F3N5O4S. The molecule has 2 aromatic carbocycles. The van der Waals surface area contributed by atoms with Crippen LogP contribution in [0.1, 0.15) is 29.7 Å². The fourth-order valence-corrected chi connectivity index (χ4v) is 4.94. The van der Waals surface area contributed by atoms with Crippen LogP contribution in [0.5, 0.6) is 0 Å². The summed E-state index contributed by atoms with van der Waals surface area (Å²) in [4.78, 5) is 48.7. The van der Waals surface area contributed by atoms with Gasteiger partial charge in [0.1, 0.15) is 17.6 Å². The molecule has 3 amide bonds. The van der Waals surface area contributed by atoms with Crippen LogP contribution < -0.4 is 10.6 Å². The van der Waals surface area contributed by atoms with Gasteiger partial charge in [-0.3, -0.25) is 19.4 Å². The van der Waals surface area contributed by atoms with Crippen molar-refractivity contribution in [3.8, 4) is 0 Å². The van der Waals surface area contributed by atoms with Crippen LogP contribution >= 0.6 is 11.8 Å². The second-order valence-corrected chi connectivity index (χ2v) is 9.81. The molecule has 0 saturated carbocycles. The number of nitrogens with one attached hydrogen (secondary N) is 2. The van der Waals surface area contributed by atoms with Crippen molar-refractivity contribution in [2.75, 3.05) is 11.1 Å². The van der Waals surface area contributed by atoms with Crippen LogP contribution in [0.15, 0.2) is 81.3 Å². The molecule has 0 bridgehead atoms. The molecule has 13 heteroatoms. The smallest absolute Gasteiger partial charge is 0.416 e. The number of nitrogens with zero attached hydrogens (tertiary/aromatic N) is 3. The van der Waals surface area contributed by atoms with E-state index >= 15 is 0 Å². The van der Waals surface area contributed by atoms with E-state index in [0.717, 1.165) is 23.9 Å². The molecule has 2 aliphatic heterocycles. The van der Waals surface area contributed by atoms with E-state index in [9.17, 15) is 27.6 Å². The minimum Gasteiger partial charge on any atom is -0.467 e. The molecule has 2 aliphatic rings. The van der Waals surface area contributed by atoms with Crippen LogP contribution in [-0.2, 0) is 27.1 Å². The molecule has 5 rings (SSSR count). The number of fused-ring (bicyclic) bond motifs is 3. The standard InChI is InChI=1S/C27H22F3N5O4S/c28-27(29,30)16-5-3-6-17(13-16)32-23(37)15-40-26-34-20-9-2-1-8-19(20)24-33-21(25(38)35(24)26)10-11-22(36)31-14-18-7-4-12-39-18/h1-9,12-13,21H,10-11,14-15H2,(H,31,36)(H,32,37)/t21-/m1/s1. The van der Waals surface area contributed by atoms with E-state index in [-0.39, 0.29) is 47.8 Å². The van der Waals surface area contributed by atoms with Gasteiger partial charge in [-0.2, -0.15) is 13.2 Å². The number of rotatable bonds is 8. The highest BCUT2D eigenvalue weighted by molar-refractivity contribution is 8.14. The van der Waals surface area contributed by atoms with Crippen LogP contribution in [0.25, 0.3) is 0 Å². The molecule has 0 fully saturated rings. The zero-order valence-corrected chi connectivity index (χ0v) is 21.6. The molecule has 3 aromatic rings. The summed E-state index contributed by atoms with van der Waals surface area (Å²) in [7, 11) is 0. The number of alkyl halides is 3. The molecule has 0 saturated heterocycles. The first-order valence-electron chi connectivity index (χ1n) is 12.2. The van der Waals surface area contributed by atoms with Crippen molar-refractivity contribution in [1.29, 1.82) is 0 Å². The van der Waals surface area contributed by atoms with E-state index in [1.165, 1.54) is 23.3 Å². The maximum Gasteiger partial charge on any atom is 0.416 e. The van der Waals surface area contributed by atoms with Crippen molar-refractivity contribution in [2.45, 2.75) is 31.6 Å². The Morgan fingerprint density at radius 1 is 1.05 bits per heavy atom. The maximum atomic E-state index is 13.3. The van der Waals surface area contributed by atoms with Crippen molar-refractivity contribution in [1.82, 2.24) is 10.2 Å². The van der Waals surface area contributed by atoms with Crippen molar-refractivity contribution >= 4 is 51.9 Å². The number of halogens is 3. The third-order valence-electron chi connectivity index (χ3n) is 6.04. The van der Waals surface area contributed by atoms with Crippen molar-refractivity contribution in [2.24, 2.45) is 9.98 Å². The lowest BCUT2D eigenvalue weighted by atomic mass is 10.1. The Morgan fingerprint density at radius 3 is 2.65 bits per heavy atom. The number of anilines is 1. The zero-order chi connectivity index (χ0) is 28.3. The third-order valence-corrected chi connectivity index (χ3v) is 6.98. The number of aliphatic imine (C=N–C) groups is 2. The summed E-state index contributed by atoms with van der Waals surface area (Å²) in [6, 6.07) is 14.0. The average Bonchev–Trinajstić information content (AvgIpc) is 3.57. The van der Waals surface area contributed by atoms with Crippen LogP contribution in [0.4, 0.5) is 24.5 Å². The molecule has 0 unspecified atom stereocenters. The van der Waals surface area contributed by atoms with Gasteiger partial charge in [0.25, 0.3) is 5.91 Å². The molecule has 206 valence electrons. The summed E-state index contributed by atoms with van der Waals surface area (Å²) in [5.74, 6) is -0.446. The van der Waals surface area contributed by atoms with Gasteiger partial charge in [-0.25, -0.2) is 9.89 Å². The van der Waals surface area contributed by atoms with Crippen molar-refractivity contribution in [3.05, 3.63) is 83.8 Å². The lowest BCUT2D eigenvalue weighted by molar-refractivity contribution is -0.137. The number of benzene rings is 2. The number of furan rings is 1. The first-order valence-corrected chi connectivity index (χ1v) is 13.2. The van der Waals surface area contributed by atoms with Gasteiger partial charge in [-0.1, -0.05) is 30.0 Å². The average molecular weight is 570 g/mol. The van der Waals surface area contributed by atoms with Crippen LogP contribution in [0.2, 0.25) is 0 Å². The lowest BCUT2D eigenvalue weighted by Gasteiger charge is -2.25. The quantitative estimate of drug-likeness (QED) is 0.407. The Labute approximate surface area is 230 Å². The highest BCUT2D eigenvalue weighted by Crippen LogP contribution is 2.34. The Balaban J connectivity index is 1.25. The molecule has 1 atom stereocenters. The summed E-state index contributed by atoms with van der Waals surface area (Å²) in [5.41, 5.74) is 0.318. The summed E-state index contributed by atoms with van der Waals surface area (Å²) < 4.78 is 44.2. The molecule has 0 radical (unpaired) electrons. The zero-order valence-electron chi connectivity index (χ0n) is 20.8. The summed E-state index contributed by atoms with van der Waals surface area (Å²) in [5, 5.41) is 5.40. The first kappa shape index (κ1) is 27.2. The van der Waals surface area contributed by atoms with Gasteiger partial charge in [-0.15, -0.1) is 0 Å². The van der Waals surface area contributed by atoms with Crippen molar-refractivity contribution in [3.63, 3.8) is 0 Å². The largest absolute Gasteiger partial charge is 0.467 e. The fraction of sp³-hybridized carbons (Fsp3) is 0.222. The fourth-order valence-electron chi connectivity index (χ4n) is 4.14. The Bertz CT molecular complexity index is 1500. The second kappa shape index (κ2) is 11.4. The molecule has 0 aliphatic carbocycles. The van der Waals surface area contributed by atoms with Gasteiger partial charge in [0, 0.05) is 17.7 Å². The van der Waals surface area contributed by atoms with E-state index in [1.807, 2.05) is 0 Å². The lowest BCUT2D eigenvalue weighted by Crippen LogP contribution is -2.41. The van der Waals surface area contributed by atoms with E-state index in [1.54, 1.807) is 36.4 Å². The van der Waals surface area contributed by atoms with Gasteiger partial charge >= 0.3 is 6.18 Å². The SMILES string of the molecule is O=C(CC[C@H]1N=C2c3ccccc3N=C(SCC(=O)Nc3cccc(C(F)(F)F)c3)N2C1=O)NCc1ccco1. The Morgan fingerprint density at radius 2 is 1.88 bits per heavy atom. The normalized spacial score (nSPS) is 16.1. The number of carbonyl (C=O) groups is 3. The Hall–Kier alpha value is -4.39.